The molecule has 0 aromatic carbocycles. The molecule has 0 spiro atoms. The highest BCUT2D eigenvalue weighted by Gasteiger charge is 2.23. The van der Waals surface area contributed by atoms with Gasteiger partial charge in [0.25, 0.3) is 0 Å². The van der Waals surface area contributed by atoms with Crippen molar-refractivity contribution < 1.29 is 19.1 Å². The van der Waals surface area contributed by atoms with Gasteiger partial charge >= 0.3 is 5.97 Å². The van der Waals surface area contributed by atoms with Crippen LogP contribution in [0.15, 0.2) is 11.6 Å². The van der Waals surface area contributed by atoms with Crippen LogP contribution in [0.5, 0.6) is 0 Å². The van der Waals surface area contributed by atoms with Gasteiger partial charge in [-0.2, -0.15) is 0 Å². The van der Waals surface area contributed by atoms with Gasteiger partial charge in [-0.1, -0.05) is 13.3 Å². The number of Topliss-reactive ketones (excluding diaryl/α,β-unsaturated/α-hetero) is 1. The highest BCUT2D eigenvalue weighted by Crippen LogP contribution is 2.15. The quantitative estimate of drug-likeness (QED) is 0.388. The average Bonchev–Trinajstić information content (AvgIpc) is 2.45. The molecule has 82 valence electrons. The van der Waals surface area contributed by atoms with E-state index in [1.54, 1.807) is 0 Å². The Bertz CT molecular complexity index is 315. The van der Waals surface area contributed by atoms with E-state index in [0.29, 0.717) is 6.61 Å². The third kappa shape index (κ3) is 3.65. The molecule has 1 aliphatic rings. The fourth-order valence-corrected chi connectivity index (χ4v) is 1.28. The number of hydrogen-bond acceptors (Lipinski definition) is 4. The van der Waals surface area contributed by atoms with Crippen molar-refractivity contribution >= 4 is 17.5 Å². The van der Waals surface area contributed by atoms with Gasteiger partial charge in [-0.3, -0.25) is 14.4 Å². The first kappa shape index (κ1) is 11.6. The van der Waals surface area contributed by atoms with Crippen molar-refractivity contribution in [2.45, 2.75) is 32.6 Å². The zero-order valence-corrected chi connectivity index (χ0v) is 8.75. The van der Waals surface area contributed by atoms with Crippen LogP contribution in [0.4, 0.5) is 0 Å². The van der Waals surface area contributed by atoms with E-state index in [4.69, 9.17) is 4.74 Å². The highest BCUT2D eigenvalue weighted by atomic mass is 16.5. The van der Waals surface area contributed by atoms with Crippen LogP contribution in [-0.2, 0) is 19.1 Å². The molecule has 1 aliphatic carbocycles. The predicted octanol–water partition coefficient (Wildman–Crippen LogP) is 1.19. The Morgan fingerprint density at radius 2 is 2.20 bits per heavy atom. The van der Waals surface area contributed by atoms with E-state index >= 15 is 0 Å². The molecule has 0 aromatic rings. The topological polar surface area (TPSA) is 60.4 Å². The van der Waals surface area contributed by atoms with Crippen LogP contribution in [0.25, 0.3) is 0 Å². The van der Waals surface area contributed by atoms with Crippen molar-refractivity contribution in [3.63, 3.8) is 0 Å². The Hall–Kier alpha value is -1.45. The van der Waals surface area contributed by atoms with E-state index in [9.17, 15) is 14.4 Å². The maximum Gasteiger partial charge on any atom is 0.310 e. The summed E-state index contributed by atoms with van der Waals surface area (Å²) in [7, 11) is 0. The van der Waals surface area contributed by atoms with Crippen LogP contribution < -0.4 is 0 Å². The second kappa shape index (κ2) is 5.44. The molecular formula is C11H14O4. The lowest BCUT2D eigenvalue weighted by molar-refractivity contribution is -0.143. The third-order valence-electron chi connectivity index (χ3n) is 2.12. The monoisotopic (exact) mass is 210 g/mol. The van der Waals surface area contributed by atoms with Gasteiger partial charge in [-0.25, -0.2) is 0 Å². The third-order valence-corrected chi connectivity index (χ3v) is 2.12. The number of allylic oxidation sites excluding steroid dienone is 1. The molecule has 0 atom stereocenters. The molecule has 0 saturated heterocycles. The maximum absolute atomic E-state index is 11.2. The number of ketones is 2. The van der Waals surface area contributed by atoms with Gasteiger partial charge in [-0.05, 0) is 12.5 Å². The molecule has 0 fully saturated rings. The van der Waals surface area contributed by atoms with Gasteiger partial charge < -0.3 is 4.74 Å². The molecule has 0 saturated carbocycles. The van der Waals surface area contributed by atoms with Gasteiger partial charge in [0.2, 0.25) is 0 Å². The molecule has 0 N–H and O–H groups in total. The first-order valence-corrected chi connectivity index (χ1v) is 5.05. The van der Waals surface area contributed by atoms with E-state index in [1.165, 1.54) is 6.08 Å². The van der Waals surface area contributed by atoms with Gasteiger partial charge in [0.1, 0.15) is 0 Å². The molecule has 4 heteroatoms. The molecule has 0 unspecified atom stereocenters. The van der Waals surface area contributed by atoms with Crippen LogP contribution in [0.3, 0.4) is 0 Å². The van der Waals surface area contributed by atoms with Crippen LogP contribution in [0, 0.1) is 0 Å². The summed E-state index contributed by atoms with van der Waals surface area (Å²) >= 11 is 0. The molecule has 0 aliphatic heterocycles. The number of carbonyl (C=O) groups is 3. The molecule has 0 radical (unpaired) electrons. The second-order valence-electron chi connectivity index (χ2n) is 3.49. The number of ether oxygens (including phenoxy) is 1. The number of hydrogen-bond donors (Lipinski definition) is 0. The number of unbranched alkanes of at least 4 members (excludes halogenated alkanes) is 1. The average molecular weight is 210 g/mol. The van der Waals surface area contributed by atoms with Crippen LogP contribution in [-0.4, -0.2) is 24.1 Å². The van der Waals surface area contributed by atoms with Crippen LogP contribution in [0.1, 0.15) is 32.6 Å². The van der Waals surface area contributed by atoms with Crippen molar-refractivity contribution in [3.8, 4) is 0 Å². The summed E-state index contributed by atoms with van der Waals surface area (Å²) in [6, 6.07) is 0. The Balaban J connectivity index is 2.35. The molecule has 0 amide bonds. The number of rotatable bonds is 5. The maximum atomic E-state index is 11.2. The van der Waals surface area contributed by atoms with Crippen molar-refractivity contribution in [3.05, 3.63) is 11.6 Å². The van der Waals surface area contributed by atoms with E-state index in [2.05, 4.69) is 0 Å². The summed E-state index contributed by atoms with van der Waals surface area (Å²) in [5.74, 6) is -0.915. The Morgan fingerprint density at radius 1 is 1.47 bits per heavy atom. The number of carbonyl (C=O) groups excluding carboxylic acids is 3. The predicted molar refractivity (Wildman–Crippen MR) is 53.2 cm³/mol. The van der Waals surface area contributed by atoms with E-state index < -0.39 is 5.97 Å². The SMILES string of the molecule is CCCCOC(=O)CC1=CC(=O)CC1=O. The summed E-state index contributed by atoms with van der Waals surface area (Å²) < 4.78 is 4.88. The molecule has 15 heavy (non-hydrogen) atoms. The normalized spacial score (nSPS) is 15.4. The van der Waals surface area contributed by atoms with E-state index in [0.717, 1.165) is 12.8 Å². The Labute approximate surface area is 88.3 Å². The van der Waals surface area contributed by atoms with Crippen molar-refractivity contribution in [2.24, 2.45) is 0 Å². The van der Waals surface area contributed by atoms with Crippen molar-refractivity contribution in [2.75, 3.05) is 6.61 Å². The molecule has 1 rings (SSSR count). The lowest BCUT2D eigenvalue weighted by Gasteiger charge is -2.03. The standard InChI is InChI=1S/C11H14O4/c1-2-3-4-15-11(14)6-8-5-9(12)7-10(8)13/h5H,2-4,6-7H2,1H3. The van der Waals surface area contributed by atoms with Crippen molar-refractivity contribution in [1.29, 1.82) is 0 Å². The van der Waals surface area contributed by atoms with E-state index in [1.807, 2.05) is 6.92 Å². The minimum atomic E-state index is -0.433. The second-order valence-corrected chi connectivity index (χ2v) is 3.49. The summed E-state index contributed by atoms with van der Waals surface area (Å²) in [5.41, 5.74) is 0.279. The molecule has 4 nitrogen and oxygen atoms in total. The molecule has 0 heterocycles. The summed E-state index contributed by atoms with van der Waals surface area (Å²) in [6.07, 6.45) is 2.83. The van der Waals surface area contributed by atoms with Gasteiger partial charge in [0.15, 0.2) is 11.6 Å². The Morgan fingerprint density at radius 3 is 2.73 bits per heavy atom. The van der Waals surface area contributed by atoms with Gasteiger partial charge in [-0.15, -0.1) is 0 Å². The van der Waals surface area contributed by atoms with Crippen molar-refractivity contribution in [1.82, 2.24) is 0 Å². The fraction of sp³-hybridized carbons (Fsp3) is 0.545. The van der Waals surface area contributed by atoms with Gasteiger partial charge in [0, 0.05) is 5.57 Å². The Kier molecular flexibility index (Phi) is 4.21. The first-order valence-electron chi connectivity index (χ1n) is 5.05. The highest BCUT2D eigenvalue weighted by molar-refractivity contribution is 6.20. The minimum Gasteiger partial charge on any atom is -0.465 e. The molecular weight excluding hydrogens is 196 g/mol. The smallest absolute Gasteiger partial charge is 0.310 e. The lowest BCUT2D eigenvalue weighted by atomic mass is 10.1. The minimum absolute atomic E-state index is 0.0751. The van der Waals surface area contributed by atoms with E-state index in [-0.39, 0.29) is 30.0 Å². The molecule has 0 bridgehead atoms. The first-order chi connectivity index (χ1) is 7.13. The summed E-state index contributed by atoms with van der Waals surface area (Å²) in [5, 5.41) is 0. The number of esters is 1. The van der Waals surface area contributed by atoms with Crippen LogP contribution in [0.2, 0.25) is 0 Å². The zero-order valence-electron chi connectivity index (χ0n) is 8.75. The summed E-state index contributed by atoms with van der Waals surface area (Å²) in [4.78, 5) is 33.2. The lowest BCUT2D eigenvalue weighted by Crippen LogP contribution is -2.09. The fourth-order valence-electron chi connectivity index (χ4n) is 1.28. The summed E-state index contributed by atoms with van der Waals surface area (Å²) in [6.45, 7) is 2.38. The molecule has 0 aromatic heterocycles. The van der Waals surface area contributed by atoms with Gasteiger partial charge in [0.05, 0.1) is 19.4 Å². The zero-order chi connectivity index (χ0) is 11.3. The van der Waals surface area contributed by atoms with Crippen LogP contribution >= 0.6 is 0 Å². The largest absolute Gasteiger partial charge is 0.465 e.